The number of aryl methyl sites for hydroxylation is 1. The first-order valence-corrected chi connectivity index (χ1v) is 6.89. The Morgan fingerprint density at radius 2 is 2.40 bits per heavy atom. The lowest BCUT2D eigenvalue weighted by atomic mass is 10.3. The van der Waals surface area contributed by atoms with Gasteiger partial charge in [0.15, 0.2) is 6.39 Å². The first kappa shape index (κ1) is 14.3. The predicted octanol–water partition coefficient (Wildman–Crippen LogP) is 1.71. The summed E-state index contributed by atoms with van der Waals surface area (Å²) in [5.41, 5.74) is 0.573. The molecule has 1 amide bonds. The summed E-state index contributed by atoms with van der Waals surface area (Å²) in [6.07, 6.45) is 1.72. The predicted molar refractivity (Wildman–Crippen MR) is 75.3 cm³/mol. The summed E-state index contributed by atoms with van der Waals surface area (Å²) in [4.78, 5) is 17.6. The smallest absolute Gasteiger partial charge is 0.289 e. The molecule has 0 spiro atoms. The maximum atomic E-state index is 11.8. The highest BCUT2D eigenvalue weighted by atomic mass is 32.1. The summed E-state index contributed by atoms with van der Waals surface area (Å²) in [6, 6.07) is 3.82. The van der Waals surface area contributed by atoms with Gasteiger partial charge in [0, 0.05) is 11.3 Å². The van der Waals surface area contributed by atoms with Gasteiger partial charge in [-0.1, -0.05) is 11.8 Å². The second kappa shape index (κ2) is 6.89. The zero-order valence-corrected chi connectivity index (χ0v) is 11.8. The average molecular weight is 290 g/mol. The van der Waals surface area contributed by atoms with Crippen LogP contribution in [0.5, 0.6) is 0 Å². The van der Waals surface area contributed by atoms with E-state index in [1.807, 2.05) is 12.1 Å². The van der Waals surface area contributed by atoms with Crippen molar-refractivity contribution in [1.29, 1.82) is 0 Å². The van der Waals surface area contributed by atoms with Crippen molar-refractivity contribution in [3.05, 3.63) is 39.7 Å². The van der Waals surface area contributed by atoms with E-state index in [-0.39, 0.29) is 18.3 Å². The summed E-state index contributed by atoms with van der Waals surface area (Å²) in [5, 5.41) is 11.4. The van der Waals surface area contributed by atoms with Crippen molar-refractivity contribution in [2.75, 3.05) is 6.61 Å². The summed E-state index contributed by atoms with van der Waals surface area (Å²) in [6.45, 7) is 2.21. The SMILES string of the molecule is Cc1ncoc1C(=O)NCc1ccc(C#CCCO)s1. The third-order valence-corrected chi connectivity index (χ3v) is 3.49. The Bertz CT molecular complexity index is 649. The van der Waals surface area contributed by atoms with E-state index < -0.39 is 0 Å². The maximum Gasteiger partial charge on any atom is 0.289 e. The van der Waals surface area contributed by atoms with E-state index in [9.17, 15) is 4.79 Å². The van der Waals surface area contributed by atoms with Crippen LogP contribution in [0.1, 0.15) is 32.4 Å². The second-order valence-corrected chi connectivity index (χ2v) is 5.16. The van der Waals surface area contributed by atoms with Gasteiger partial charge in [-0.25, -0.2) is 4.98 Å². The standard InChI is InChI=1S/C14H14N2O3S/c1-10-13(19-9-16-10)14(18)15-8-12-6-5-11(20-12)4-2-3-7-17/h5-6,9,17H,3,7-8H2,1H3,(H,15,18). The fraction of sp³-hybridized carbons (Fsp3) is 0.286. The van der Waals surface area contributed by atoms with Crippen molar-refractivity contribution in [3.8, 4) is 11.8 Å². The Morgan fingerprint density at radius 1 is 1.55 bits per heavy atom. The molecule has 0 aromatic carbocycles. The minimum atomic E-state index is -0.277. The molecule has 2 aromatic heterocycles. The Hall–Kier alpha value is -2.10. The quantitative estimate of drug-likeness (QED) is 0.841. The molecule has 2 N–H and O–H groups in total. The summed E-state index contributed by atoms with van der Waals surface area (Å²) in [5.74, 6) is 5.78. The van der Waals surface area contributed by atoms with Crippen LogP contribution in [0.3, 0.4) is 0 Å². The number of carbonyl (C=O) groups is 1. The van der Waals surface area contributed by atoms with Gasteiger partial charge in [0.25, 0.3) is 5.91 Å². The molecule has 0 aliphatic heterocycles. The van der Waals surface area contributed by atoms with E-state index in [1.54, 1.807) is 6.92 Å². The van der Waals surface area contributed by atoms with Gasteiger partial charge in [0.05, 0.1) is 23.7 Å². The molecule has 0 radical (unpaired) electrons. The number of thiophene rings is 1. The second-order valence-electron chi connectivity index (χ2n) is 3.99. The number of nitrogens with one attached hydrogen (secondary N) is 1. The Labute approximate surface area is 120 Å². The normalized spacial score (nSPS) is 9.90. The van der Waals surface area contributed by atoms with Crippen LogP contribution in [-0.2, 0) is 6.54 Å². The van der Waals surface area contributed by atoms with Crippen molar-refractivity contribution < 1.29 is 14.3 Å². The van der Waals surface area contributed by atoms with Gasteiger partial charge < -0.3 is 14.8 Å². The molecule has 104 valence electrons. The molecule has 5 nitrogen and oxygen atoms in total. The number of amides is 1. The summed E-state index contributed by atoms with van der Waals surface area (Å²) < 4.78 is 5.02. The van der Waals surface area contributed by atoms with Gasteiger partial charge in [-0.05, 0) is 19.1 Å². The summed E-state index contributed by atoms with van der Waals surface area (Å²) in [7, 11) is 0. The van der Waals surface area contributed by atoms with E-state index in [0.29, 0.717) is 18.7 Å². The van der Waals surface area contributed by atoms with Crippen molar-refractivity contribution in [3.63, 3.8) is 0 Å². The molecule has 0 unspecified atom stereocenters. The number of aromatic nitrogens is 1. The molecular weight excluding hydrogens is 276 g/mol. The molecule has 0 fully saturated rings. The van der Waals surface area contributed by atoms with E-state index in [4.69, 9.17) is 9.52 Å². The number of carbonyl (C=O) groups excluding carboxylic acids is 1. The lowest BCUT2D eigenvalue weighted by Crippen LogP contribution is -2.22. The van der Waals surface area contributed by atoms with Crippen LogP contribution in [0, 0.1) is 18.8 Å². The highest BCUT2D eigenvalue weighted by Gasteiger charge is 2.13. The molecule has 6 heteroatoms. The minimum Gasteiger partial charge on any atom is -0.438 e. The molecule has 2 rings (SSSR count). The first-order chi connectivity index (χ1) is 9.70. The van der Waals surface area contributed by atoms with E-state index in [2.05, 4.69) is 22.1 Å². The van der Waals surface area contributed by atoms with Gasteiger partial charge in [-0.2, -0.15) is 0 Å². The van der Waals surface area contributed by atoms with Crippen molar-refractivity contribution in [1.82, 2.24) is 10.3 Å². The number of aliphatic hydroxyl groups is 1. The number of oxazole rings is 1. The first-order valence-electron chi connectivity index (χ1n) is 6.07. The van der Waals surface area contributed by atoms with Crippen LogP contribution in [-0.4, -0.2) is 22.6 Å². The van der Waals surface area contributed by atoms with Gasteiger partial charge >= 0.3 is 0 Å². The van der Waals surface area contributed by atoms with Crippen LogP contribution >= 0.6 is 11.3 Å². The Kier molecular flexibility index (Phi) is 4.93. The minimum absolute atomic E-state index is 0.0673. The summed E-state index contributed by atoms with van der Waals surface area (Å²) >= 11 is 1.51. The number of nitrogens with zero attached hydrogens (tertiary/aromatic N) is 1. The Morgan fingerprint density at radius 3 is 3.10 bits per heavy atom. The van der Waals surface area contributed by atoms with Crippen molar-refractivity contribution in [2.45, 2.75) is 19.9 Å². The number of aliphatic hydroxyl groups excluding tert-OH is 1. The van der Waals surface area contributed by atoms with Crippen LogP contribution in [0.25, 0.3) is 0 Å². The molecular formula is C14H14N2O3S. The number of hydrogen-bond donors (Lipinski definition) is 2. The lowest BCUT2D eigenvalue weighted by molar-refractivity contribution is 0.0922. The van der Waals surface area contributed by atoms with Gasteiger partial charge in [0.2, 0.25) is 5.76 Å². The maximum absolute atomic E-state index is 11.8. The van der Waals surface area contributed by atoms with E-state index in [0.717, 1.165) is 9.75 Å². The van der Waals surface area contributed by atoms with Crippen molar-refractivity contribution in [2.24, 2.45) is 0 Å². The third-order valence-electron chi connectivity index (χ3n) is 2.48. The fourth-order valence-corrected chi connectivity index (χ4v) is 2.34. The fourth-order valence-electron chi connectivity index (χ4n) is 1.51. The van der Waals surface area contributed by atoms with Gasteiger partial charge in [0.1, 0.15) is 0 Å². The molecule has 0 atom stereocenters. The van der Waals surface area contributed by atoms with Gasteiger partial charge in [-0.15, -0.1) is 11.3 Å². The van der Waals surface area contributed by atoms with Crippen LogP contribution in [0.2, 0.25) is 0 Å². The number of hydrogen-bond acceptors (Lipinski definition) is 5. The molecule has 0 aliphatic rings. The molecule has 0 saturated carbocycles. The van der Waals surface area contributed by atoms with Gasteiger partial charge in [-0.3, -0.25) is 4.79 Å². The monoisotopic (exact) mass is 290 g/mol. The molecule has 0 saturated heterocycles. The molecule has 2 heterocycles. The van der Waals surface area contributed by atoms with Crippen LogP contribution in [0.4, 0.5) is 0 Å². The van der Waals surface area contributed by atoms with Crippen LogP contribution in [0.15, 0.2) is 22.9 Å². The molecule has 20 heavy (non-hydrogen) atoms. The van der Waals surface area contributed by atoms with Crippen LogP contribution < -0.4 is 5.32 Å². The third kappa shape index (κ3) is 3.70. The number of rotatable bonds is 4. The zero-order valence-electron chi connectivity index (χ0n) is 11.0. The van der Waals surface area contributed by atoms with E-state index >= 15 is 0 Å². The lowest BCUT2D eigenvalue weighted by Gasteiger charge is -2.00. The average Bonchev–Trinajstić information content (AvgIpc) is 3.05. The van der Waals surface area contributed by atoms with E-state index in [1.165, 1.54) is 17.7 Å². The van der Waals surface area contributed by atoms with Crippen molar-refractivity contribution >= 4 is 17.2 Å². The molecule has 0 aliphatic carbocycles. The molecule has 2 aromatic rings. The highest BCUT2D eigenvalue weighted by Crippen LogP contribution is 2.15. The zero-order chi connectivity index (χ0) is 14.4. The molecule has 0 bridgehead atoms. The topological polar surface area (TPSA) is 75.4 Å². The largest absolute Gasteiger partial charge is 0.438 e. The Balaban J connectivity index is 1.90. The highest BCUT2D eigenvalue weighted by molar-refractivity contribution is 7.12.